The first-order valence-corrected chi connectivity index (χ1v) is 11.5. The van der Waals surface area contributed by atoms with Crippen LogP contribution in [0.3, 0.4) is 0 Å². The Kier molecular flexibility index (Phi) is 7.79. The molecule has 0 radical (unpaired) electrons. The van der Waals surface area contributed by atoms with Crippen molar-refractivity contribution in [2.75, 3.05) is 20.3 Å². The van der Waals surface area contributed by atoms with E-state index < -0.39 is 11.9 Å². The van der Waals surface area contributed by atoms with E-state index in [-0.39, 0.29) is 24.4 Å². The van der Waals surface area contributed by atoms with Gasteiger partial charge in [-0.3, -0.25) is 0 Å². The molecule has 0 aliphatic carbocycles. The fourth-order valence-electron chi connectivity index (χ4n) is 4.93. The van der Waals surface area contributed by atoms with Crippen LogP contribution in [0.2, 0.25) is 0 Å². The smallest absolute Gasteiger partial charge is 0.197 e. The number of ether oxygens (including phenoxy) is 5. The Morgan fingerprint density at radius 2 is 1.77 bits per heavy atom. The van der Waals surface area contributed by atoms with Crippen molar-refractivity contribution in [3.05, 3.63) is 35.9 Å². The first-order chi connectivity index (χ1) is 14.7. The van der Waals surface area contributed by atoms with Gasteiger partial charge < -0.3 is 28.8 Å². The molecule has 168 valence electrons. The summed E-state index contributed by atoms with van der Waals surface area (Å²) >= 11 is 0. The average Bonchev–Trinajstić information content (AvgIpc) is 3.13. The van der Waals surface area contributed by atoms with Gasteiger partial charge in [-0.15, -0.1) is 0 Å². The standard InChI is InChI=1S/C24H36O6/c1-26-24(23(25)15-21-20(30-24)12-6-8-13-27-21)16-22-19(11-5-7-14-28-22)29-17-18-9-3-2-4-10-18/h2-4,9-10,19-23,25H,5-8,11-17H2,1H3/t19-,20+,21-,22+,23+,24-/m1/s1. The molecule has 6 atom stereocenters. The van der Waals surface area contributed by atoms with Crippen molar-refractivity contribution < 1.29 is 28.8 Å². The van der Waals surface area contributed by atoms with Gasteiger partial charge >= 0.3 is 0 Å². The molecule has 3 aliphatic rings. The summed E-state index contributed by atoms with van der Waals surface area (Å²) in [6.45, 7) is 1.98. The topological polar surface area (TPSA) is 66.4 Å². The van der Waals surface area contributed by atoms with E-state index in [1.165, 1.54) is 0 Å². The highest BCUT2D eigenvalue weighted by Gasteiger charge is 2.51. The molecule has 3 aliphatic heterocycles. The quantitative estimate of drug-likeness (QED) is 0.759. The Balaban J connectivity index is 1.46. The van der Waals surface area contributed by atoms with Crippen LogP contribution in [0, 0.1) is 0 Å². The highest BCUT2D eigenvalue weighted by molar-refractivity contribution is 5.13. The number of rotatable bonds is 6. The lowest BCUT2D eigenvalue weighted by Crippen LogP contribution is -2.59. The SMILES string of the molecule is CO[C@]1(C[C@@H]2OCCCC[C@H]2OCc2ccccc2)O[C@H]2CCCCO[C@@H]2C[C@@H]1O. The normalized spacial score (nSPS) is 37.7. The molecule has 1 aromatic carbocycles. The summed E-state index contributed by atoms with van der Waals surface area (Å²) in [5, 5.41) is 11.0. The maximum absolute atomic E-state index is 11.0. The van der Waals surface area contributed by atoms with Crippen LogP contribution in [0.4, 0.5) is 0 Å². The zero-order chi connectivity index (χ0) is 20.8. The number of aliphatic hydroxyl groups is 1. The second-order valence-corrected chi connectivity index (χ2v) is 8.77. The molecule has 6 heteroatoms. The van der Waals surface area contributed by atoms with Crippen LogP contribution >= 0.6 is 0 Å². The van der Waals surface area contributed by atoms with Crippen LogP contribution in [-0.2, 0) is 30.3 Å². The summed E-state index contributed by atoms with van der Waals surface area (Å²) < 4.78 is 30.8. The molecule has 3 saturated heterocycles. The lowest BCUT2D eigenvalue weighted by Gasteiger charge is -2.48. The van der Waals surface area contributed by atoms with Crippen LogP contribution in [0.15, 0.2) is 30.3 Å². The molecule has 4 rings (SSSR count). The lowest BCUT2D eigenvalue weighted by atomic mass is 9.88. The maximum atomic E-state index is 11.0. The van der Waals surface area contributed by atoms with Gasteiger partial charge in [0.1, 0.15) is 6.10 Å². The first kappa shape index (κ1) is 22.2. The zero-order valence-corrected chi connectivity index (χ0v) is 18.0. The molecule has 1 N–H and O–H groups in total. The third kappa shape index (κ3) is 5.23. The van der Waals surface area contributed by atoms with Crippen molar-refractivity contribution in [3.8, 4) is 0 Å². The van der Waals surface area contributed by atoms with Gasteiger partial charge in [0.25, 0.3) is 0 Å². The van der Waals surface area contributed by atoms with E-state index in [2.05, 4.69) is 12.1 Å². The van der Waals surface area contributed by atoms with E-state index in [0.29, 0.717) is 26.1 Å². The van der Waals surface area contributed by atoms with E-state index in [4.69, 9.17) is 23.7 Å². The Labute approximate surface area is 179 Å². The number of hydrogen-bond acceptors (Lipinski definition) is 6. The van der Waals surface area contributed by atoms with Crippen LogP contribution in [0.5, 0.6) is 0 Å². The lowest BCUT2D eigenvalue weighted by molar-refractivity contribution is -0.343. The Morgan fingerprint density at radius 1 is 1.00 bits per heavy atom. The highest BCUT2D eigenvalue weighted by atomic mass is 16.7. The molecule has 1 aromatic rings. The maximum Gasteiger partial charge on any atom is 0.197 e. The summed E-state index contributed by atoms with van der Waals surface area (Å²) in [5.74, 6) is -1.09. The summed E-state index contributed by atoms with van der Waals surface area (Å²) in [6.07, 6.45) is 5.92. The van der Waals surface area contributed by atoms with E-state index in [1.807, 2.05) is 18.2 Å². The molecule has 3 heterocycles. The van der Waals surface area contributed by atoms with Crippen molar-refractivity contribution >= 4 is 0 Å². The van der Waals surface area contributed by atoms with Gasteiger partial charge in [0, 0.05) is 33.2 Å². The Hall–Kier alpha value is -1.02. The minimum absolute atomic E-state index is 0.0506. The van der Waals surface area contributed by atoms with Gasteiger partial charge in [-0.2, -0.15) is 0 Å². The second kappa shape index (κ2) is 10.5. The molecule has 0 amide bonds. The van der Waals surface area contributed by atoms with Crippen LogP contribution < -0.4 is 0 Å². The predicted octanol–water partition coefficient (Wildman–Crippen LogP) is 3.59. The van der Waals surface area contributed by atoms with E-state index in [9.17, 15) is 5.11 Å². The van der Waals surface area contributed by atoms with Crippen molar-refractivity contribution in [1.29, 1.82) is 0 Å². The fourth-order valence-corrected chi connectivity index (χ4v) is 4.93. The van der Waals surface area contributed by atoms with Gasteiger partial charge in [0.05, 0.1) is 31.0 Å². The fraction of sp³-hybridized carbons (Fsp3) is 0.750. The number of methoxy groups -OCH3 is 1. The number of fused-ring (bicyclic) bond motifs is 1. The molecule has 3 fully saturated rings. The first-order valence-electron chi connectivity index (χ1n) is 11.5. The molecular formula is C24H36O6. The Bertz CT molecular complexity index is 640. The van der Waals surface area contributed by atoms with Gasteiger partial charge in [-0.1, -0.05) is 30.3 Å². The predicted molar refractivity (Wildman–Crippen MR) is 112 cm³/mol. The number of aliphatic hydroxyl groups excluding tert-OH is 1. The van der Waals surface area contributed by atoms with Crippen molar-refractivity contribution in [2.45, 2.75) is 94.3 Å². The largest absolute Gasteiger partial charge is 0.387 e. The molecule has 0 unspecified atom stereocenters. The van der Waals surface area contributed by atoms with Crippen LogP contribution in [0.25, 0.3) is 0 Å². The van der Waals surface area contributed by atoms with Crippen LogP contribution in [-0.4, -0.2) is 61.7 Å². The molecule has 0 spiro atoms. The van der Waals surface area contributed by atoms with Crippen molar-refractivity contribution in [2.24, 2.45) is 0 Å². The third-order valence-electron chi connectivity index (χ3n) is 6.71. The summed E-state index contributed by atoms with van der Waals surface area (Å²) in [5.41, 5.74) is 1.15. The highest BCUT2D eigenvalue weighted by Crippen LogP contribution is 2.39. The number of hydrogen-bond donors (Lipinski definition) is 1. The summed E-state index contributed by atoms with van der Waals surface area (Å²) in [6, 6.07) is 10.2. The summed E-state index contributed by atoms with van der Waals surface area (Å²) in [4.78, 5) is 0. The third-order valence-corrected chi connectivity index (χ3v) is 6.71. The van der Waals surface area contributed by atoms with Crippen molar-refractivity contribution in [1.82, 2.24) is 0 Å². The van der Waals surface area contributed by atoms with Crippen molar-refractivity contribution in [3.63, 3.8) is 0 Å². The van der Waals surface area contributed by atoms with E-state index in [1.54, 1.807) is 7.11 Å². The second-order valence-electron chi connectivity index (χ2n) is 8.77. The molecule has 0 aromatic heterocycles. The van der Waals surface area contributed by atoms with Gasteiger partial charge in [0.15, 0.2) is 5.79 Å². The van der Waals surface area contributed by atoms with E-state index in [0.717, 1.165) is 50.7 Å². The van der Waals surface area contributed by atoms with E-state index >= 15 is 0 Å². The minimum atomic E-state index is -1.09. The van der Waals surface area contributed by atoms with Crippen LogP contribution in [0.1, 0.15) is 56.9 Å². The molecule has 30 heavy (non-hydrogen) atoms. The molecule has 0 saturated carbocycles. The summed E-state index contributed by atoms with van der Waals surface area (Å²) in [7, 11) is 1.62. The number of benzene rings is 1. The van der Waals surface area contributed by atoms with Gasteiger partial charge in [-0.05, 0) is 44.1 Å². The zero-order valence-electron chi connectivity index (χ0n) is 18.0. The average molecular weight is 421 g/mol. The molecular weight excluding hydrogens is 384 g/mol. The van der Waals surface area contributed by atoms with Gasteiger partial charge in [-0.25, -0.2) is 0 Å². The monoisotopic (exact) mass is 420 g/mol. The Morgan fingerprint density at radius 3 is 2.57 bits per heavy atom. The molecule has 0 bridgehead atoms. The molecule has 6 nitrogen and oxygen atoms in total. The minimum Gasteiger partial charge on any atom is -0.387 e. The van der Waals surface area contributed by atoms with Gasteiger partial charge in [0.2, 0.25) is 0 Å².